The molecule has 18 heavy (non-hydrogen) atoms. The molecule has 0 heterocycles. The Bertz CT molecular complexity index is 195. The maximum atomic E-state index is 10.5. The molecule has 0 atom stereocenters. The molecule has 1 aliphatic rings. The Hall–Kier alpha value is -0.160. The van der Waals surface area contributed by atoms with Crippen LogP contribution in [-0.2, 0) is 9.47 Å². The minimum Gasteiger partial charge on any atom is -0.389 e. The second kappa shape index (κ2) is 8.86. The van der Waals surface area contributed by atoms with Gasteiger partial charge in [-0.1, -0.05) is 12.8 Å². The van der Waals surface area contributed by atoms with E-state index in [-0.39, 0.29) is 0 Å². The summed E-state index contributed by atoms with van der Waals surface area (Å²) in [5.41, 5.74) is -0.474. The van der Waals surface area contributed by atoms with Gasteiger partial charge >= 0.3 is 0 Å². The standard InChI is InChI=1S/C14H29NO3/c1-3-17-11-9-15(10-12-18-4-2)13-14(16)7-5-6-8-14/h16H,3-13H2,1-2H3. The number of aliphatic hydroxyl groups is 1. The van der Waals surface area contributed by atoms with Gasteiger partial charge in [-0.3, -0.25) is 4.90 Å². The Balaban J connectivity index is 2.32. The van der Waals surface area contributed by atoms with Gasteiger partial charge < -0.3 is 14.6 Å². The summed E-state index contributed by atoms with van der Waals surface area (Å²) in [5.74, 6) is 0. The molecule has 0 radical (unpaired) electrons. The SMILES string of the molecule is CCOCCN(CCOCC)CC1(O)CCCC1. The summed E-state index contributed by atoms with van der Waals surface area (Å²) >= 11 is 0. The molecule has 4 nitrogen and oxygen atoms in total. The summed E-state index contributed by atoms with van der Waals surface area (Å²) in [6.45, 7) is 9.51. The summed E-state index contributed by atoms with van der Waals surface area (Å²) in [6, 6.07) is 0. The van der Waals surface area contributed by atoms with E-state index in [0.717, 1.165) is 71.7 Å². The summed E-state index contributed by atoms with van der Waals surface area (Å²) in [6.07, 6.45) is 4.18. The van der Waals surface area contributed by atoms with Crippen LogP contribution >= 0.6 is 0 Å². The predicted molar refractivity (Wildman–Crippen MR) is 72.8 cm³/mol. The van der Waals surface area contributed by atoms with Crippen LogP contribution in [0.25, 0.3) is 0 Å². The molecule has 0 aromatic carbocycles. The predicted octanol–water partition coefficient (Wildman–Crippen LogP) is 1.67. The van der Waals surface area contributed by atoms with Crippen molar-refractivity contribution in [3.05, 3.63) is 0 Å². The Morgan fingerprint density at radius 3 is 1.94 bits per heavy atom. The van der Waals surface area contributed by atoms with E-state index in [2.05, 4.69) is 4.90 Å². The molecule has 0 unspecified atom stereocenters. The average molecular weight is 259 g/mol. The third-order valence-corrected chi connectivity index (χ3v) is 3.56. The highest BCUT2D eigenvalue weighted by atomic mass is 16.5. The zero-order valence-corrected chi connectivity index (χ0v) is 12.0. The molecule has 1 saturated carbocycles. The third-order valence-electron chi connectivity index (χ3n) is 3.56. The van der Waals surface area contributed by atoms with Crippen LogP contribution in [0.15, 0.2) is 0 Å². The highest BCUT2D eigenvalue weighted by molar-refractivity contribution is 4.87. The molecule has 1 rings (SSSR count). The summed E-state index contributed by atoms with van der Waals surface area (Å²) in [7, 11) is 0. The first kappa shape index (κ1) is 15.9. The molecule has 0 saturated heterocycles. The number of ether oxygens (including phenoxy) is 2. The molecule has 0 bridgehead atoms. The van der Waals surface area contributed by atoms with E-state index in [1.54, 1.807) is 0 Å². The van der Waals surface area contributed by atoms with Crippen molar-refractivity contribution in [3.63, 3.8) is 0 Å². The molecule has 0 aliphatic heterocycles. The fourth-order valence-electron chi connectivity index (χ4n) is 2.55. The highest BCUT2D eigenvalue weighted by Gasteiger charge is 2.32. The molecular weight excluding hydrogens is 230 g/mol. The van der Waals surface area contributed by atoms with E-state index in [0.29, 0.717) is 0 Å². The van der Waals surface area contributed by atoms with Gasteiger partial charge in [0.2, 0.25) is 0 Å². The van der Waals surface area contributed by atoms with Gasteiger partial charge in [0, 0.05) is 32.8 Å². The monoisotopic (exact) mass is 259 g/mol. The first-order valence-corrected chi connectivity index (χ1v) is 7.30. The minimum absolute atomic E-state index is 0.474. The van der Waals surface area contributed by atoms with E-state index in [4.69, 9.17) is 9.47 Å². The number of rotatable bonds is 10. The maximum Gasteiger partial charge on any atom is 0.0774 e. The molecule has 0 spiro atoms. The summed E-state index contributed by atoms with van der Waals surface area (Å²) in [4.78, 5) is 2.27. The maximum absolute atomic E-state index is 10.5. The van der Waals surface area contributed by atoms with Crippen LogP contribution in [0.4, 0.5) is 0 Å². The van der Waals surface area contributed by atoms with Crippen molar-refractivity contribution in [1.82, 2.24) is 4.90 Å². The average Bonchev–Trinajstić information content (AvgIpc) is 2.76. The Morgan fingerprint density at radius 1 is 1.00 bits per heavy atom. The zero-order chi connectivity index (χ0) is 13.3. The normalized spacial score (nSPS) is 18.7. The summed E-state index contributed by atoms with van der Waals surface area (Å²) < 4.78 is 10.8. The highest BCUT2D eigenvalue weighted by Crippen LogP contribution is 2.30. The minimum atomic E-state index is -0.474. The molecular formula is C14H29NO3. The molecule has 1 aliphatic carbocycles. The van der Waals surface area contributed by atoms with E-state index >= 15 is 0 Å². The van der Waals surface area contributed by atoms with Gasteiger partial charge in [0.15, 0.2) is 0 Å². The van der Waals surface area contributed by atoms with Crippen molar-refractivity contribution < 1.29 is 14.6 Å². The van der Waals surface area contributed by atoms with Gasteiger partial charge in [0.05, 0.1) is 18.8 Å². The van der Waals surface area contributed by atoms with E-state index < -0.39 is 5.60 Å². The molecule has 0 aromatic rings. The second-order valence-corrected chi connectivity index (χ2v) is 5.10. The fraction of sp³-hybridized carbons (Fsp3) is 1.00. The Kier molecular flexibility index (Phi) is 7.82. The molecule has 0 amide bonds. The number of hydrogen-bond acceptors (Lipinski definition) is 4. The lowest BCUT2D eigenvalue weighted by Crippen LogP contribution is -2.43. The van der Waals surface area contributed by atoms with Crippen molar-refractivity contribution >= 4 is 0 Å². The van der Waals surface area contributed by atoms with Crippen molar-refractivity contribution in [2.45, 2.75) is 45.1 Å². The molecule has 108 valence electrons. The van der Waals surface area contributed by atoms with Crippen LogP contribution < -0.4 is 0 Å². The van der Waals surface area contributed by atoms with Crippen molar-refractivity contribution in [1.29, 1.82) is 0 Å². The lowest BCUT2D eigenvalue weighted by Gasteiger charge is -2.31. The van der Waals surface area contributed by atoms with Gasteiger partial charge in [-0.15, -0.1) is 0 Å². The van der Waals surface area contributed by atoms with Crippen molar-refractivity contribution in [2.75, 3.05) is 46.1 Å². The van der Waals surface area contributed by atoms with E-state index in [1.165, 1.54) is 0 Å². The first-order valence-electron chi connectivity index (χ1n) is 7.30. The van der Waals surface area contributed by atoms with Crippen LogP contribution in [0.2, 0.25) is 0 Å². The second-order valence-electron chi connectivity index (χ2n) is 5.10. The summed E-state index contributed by atoms with van der Waals surface area (Å²) in [5, 5.41) is 10.5. The van der Waals surface area contributed by atoms with Crippen molar-refractivity contribution in [3.8, 4) is 0 Å². The lowest BCUT2D eigenvalue weighted by atomic mass is 10.0. The van der Waals surface area contributed by atoms with E-state index in [1.807, 2.05) is 13.8 Å². The van der Waals surface area contributed by atoms with Gasteiger partial charge in [0.1, 0.15) is 0 Å². The van der Waals surface area contributed by atoms with Crippen LogP contribution in [0.1, 0.15) is 39.5 Å². The third kappa shape index (κ3) is 6.14. The van der Waals surface area contributed by atoms with Crippen LogP contribution in [0.5, 0.6) is 0 Å². The van der Waals surface area contributed by atoms with Crippen LogP contribution in [0, 0.1) is 0 Å². The topological polar surface area (TPSA) is 41.9 Å². The molecule has 0 aromatic heterocycles. The largest absolute Gasteiger partial charge is 0.389 e. The van der Waals surface area contributed by atoms with Gasteiger partial charge in [-0.2, -0.15) is 0 Å². The number of nitrogens with zero attached hydrogens (tertiary/aromatic N) is 1. The van der Waals surface area contributed by atoms with Gasteiger partial charge in [-0.05, 0) is 26.7 Å². The Morgan fingerprint density at radius 2 is 1.50 bits per heavy atom. The van der Waals surface area contributed by atoms with E-state index in [9.17, 15) is 5.11 Å². The fourth-order valence-corrected chi connectivity index (χ4v) is 2.55. The molecule has 1 N–H and O–H groups in total. The van der Waals surface area contributed by atoms with Gasteiger partial charge in [0.25, 0.3) is 0 Å². The quantitative estimate of drug-likeness (QED) is 0.606. The lowest BCUT2D eigenvalue weighted by molar-refractivity contribution is -0.00709. The zero-order valence-electron chi connectivity index (χ0n) is 12.0. The number of hydrogen-bond donors (Lipinski definition) is 1. The van der Waals surface area contributed by atoms with Crippen LogP contribution in [-0.4, -0.2) is 61.7 Å². The van der Waals surface area contributed by atoms with Crippen molar-refractivity contribution in [2.24, 2.45) is 0 Å². The first-order chi connectivity index (χ1) is 8.70. The van der Waals surface area contributed by atoms with Crippen LogP contribution in [0.3, 0.4) is 0 Å². The van der Waals surface area contributed by atoms with Gasteiger partial charge in [-0.25, -0.2) is 0 Å². The molecule has 1 fully saturated rings. The Labute approximate surface area is 111 Å². The smallest absolute Gasteiger partial charge is 0.0774 e. The molecule has 4 heteroatoms.